The highest BCUT2D eigenvalue weighted by atomic mass is 19.4. The fourth-order valence-electron chi connectivity index (χ4n) is 3.47. The van der Waals surface area contributed by atoms with Gasteiger partial charge in [0.1, 0.15) is 12.1 Å². The number of piperidine rings is 1. The van der Waals surface area contributed by atoms with Crippen molar-refractivity contribution in [2.24, 2.45) is 0 Å². The van der Waals surface area contributed by atoms with Crippen molar-refractivity contribution in [2.45, 2.75) is 38.2 Å². The zero-order chi connectivity index (χ0) is 20.4. The van der Waals surface area contributed by atoms with Crippen LogP contribution in [0.1, 0.15) is 29.7 Å². The minimum atomic E-state index is -4.57. The number of hydrogen-bond acceptors (Lipinski definition) is 6. The van der Waals surface area contributed by atoms with E-state index in [2.05, 4.69) is 25.3 Å². The van der Waals surface area contributed by atoms with Crippen LogP contribution in [-0.4, -0.2) is 48.8 Å². The van der Waals surface area contributed by atoms with E-state index in [9.17, 15) is 18.3 Å². The third-order valence-electron chi connectivity index (χ3n) is 5.07. The van der Waals surface area contributed by atoms with Crippen LogP contribution in [0.15, 0.2) is 36.7 Å². The summed E-state index contributed by atoms with van der Waals surface area (Å²) < 4.78 is 40.7. The average molecular weight is 406 g/mol. The van der Waals surface area contributed by atoms with Crippen molar-refractivity contribution in [3.05, 3.63) is 53.5 Å². The molecule has 0 amide bonds. The van der Waals surface area contributed by atoms with Crippen molar-refractivity contribution in [1.29, 1.82) is 0 Å². The second kappa shape index (κ2) is 7.96. The molecule has 1 saturated heterocycles. The summed E-state index contributed by atoms with van der Waals surface area (Å²) in [6, 6.07) is 8.75. The maximum absolute atomic E-state index is 13.1. The summed E-state index contributed by atoms with van der Waals surface area (Å²) in [5.41, 5.74) is 1.06. The van der Waals surface area contributed by atoms with Gasteiger partial charge in [0.05, 0.1) is 6.10 Å². The van der Waals surface area contributed by atoms with Crippen LogP contribution in [0.4, 0.5) is 19.0 Å². The van der Waals surface area contributed by atoms with Gasteiger partial charge in [0, 0.05) is 32.2 Å². The first-order valence-electron chi connectivity index (χ1n) is 9.39. The molecular weight excluding hydrogens is 385 g/mol. The molecular formula is C19H21F3N6O. The second-order valence-corrected chi connectivity index (χ2v) is 7.13. The Kier molecular flexibility index (Phi) is 5.37. The summed E-state index contributed by atoms with van der Waals surface area (Å²) >= 11 is 0. The lowest BCUT2D eigenvalue weighted by molar-refractivity contribution is -0.141. The molecule has 2 N–H and O–H groups in total. The van der Waals surface area contributed by atoms with Crippen molar-refractivity contribution >= 4 is 11.6 Å². The fourth-order valence-corrected chi connectivity index (χ4v) is 3.47. The molecule has 0 saturated carbocycles. The number of benzene rings is 1. The van der Waals surface area contributed by atoms with Gasteiger partial charge in [0.2, 0.25) is 0 Å². The van der Waals surface area contributed by atoms with Gasteiger partial charge in [0.15, 0.2) is 5.69 Å². The molecule has 29 heavy (non-hydrogen) atoms. The zero-order valence-electron chi connectivity index (χ0n) is 15.6. The molecule has 1 fully saturated rings. The van der Waals surface area contributed by atoms with Crippen LogP contribution in [0.25, 0.3) is 5.78 Å². The number of likely N-dealkylation sites (tertiary alicyclic amines) is 1. The Hall–Kier alpha value is -2.72. The summed E-state index contributed by atoms with van der Waals surface area (Å²) in [5.74, 6) is 0.0678. The van der Waals surface area contributed by atoms with E-state index in [1.54, 1.807) is 0 Å². The first-order valence-corrected chi connectivity index (χ1v) is 9.39. The normalized spacial score (nSPS) is 16.4. The highest BCUT2D eigenvalue weighted by Gasteiger charge is 2.34. The van der Waals surface area contributed by atoms with Crippen molar-refractivity contribution in [3.63, 3.8) is 0 Å². The van der Waals surface area contributed by atoms with Crippen LogP contribution in [0.3, 0.4) is 0 Å². The molecule has 0 unspecified atom stereocenters. The number of aliphatic hydroxyl groups excluding tert-OH is 1. The molecule has 2 aromatic heterocycles. The Labute approximate surface area is 165 Å². The van der Waals surface area contributed by atoms with Crippen molar-refractivity contribution in [1.82, 2.24) is 24.5 Å². The molecule has 3 aromatic rings. The summed E-state index contributed by atoms with van der Waals surface area (Å²) in [4.78, 5) is 9.58. The smallest absolute Gasteiger partial charge is 0.393 e. The molecule has 10 heteroatoms. The molecule has 4 rings (SSSR count). The Morgan fingerprint density at radius 1 is 1.14 bits per heavy atom. The number of anilines is 1. The molecule has 0 spiro atoms. The summed E-state index contributed by atoms with van der Waals surface area (Å²) in [5, 5.41) is 16.7. The van der Waals surface area contributed by atoms with Crippen LogP contribution >= 0.6 is 0 Å². The molecule has 154 valence electrons. The van der Waals surface area contributed by atoms with E-state index in [-0.39, 0.29) is 17.7 Å². The first-order chi connectivity index (χ1) is 13.9. The van der Waals surface area contributed by atoms with E-state index in [1.807, 2.05) is 24.3 Å². The second-order valence-electron chi connectivity index (χ2n) is 7.13. The van der Waals surface area contributed by atoms with Gasteiger partial charge in [-0.25, -0.2) is 4.98 Å². The highest BCUT2D eigenvalue weighted by Crippen LogP contribution is 2.29. The predicted octanol–water partition coefficient (Wildman–Crippen LogP) is 2.71. The molecule has 3 heterocycles. The molecule has 1 aliphatic heterocycles. The first kappa shape index (κ1) is 19.6. The maximum atomic E-state index is 13.1. The molecule has 0 aliphatic carbocycles. The number of rotatable bonds is 5. The Bertz CT molecular complexity index is 981. The van der Waals surface area contributed by atoms with Gasteiger partial charge < -0.3 is 10.4 Å². The molecule has 7 nitrogen and oxygen atoms in total. The van der Waals surface area contributed by atoms with Crippen molar-refractivity contribution in [3.8, 4) is 0 Å². The number of nitrogens with one attached hydrogen (secondary N) is 1. The van der Waals surface area contributed by atoms with Gasteiger partial charge in [0.25, 0.3) is 5.78 Å². The predicted molar refractivity (Wildman–Crippen MR) is 100 cm³/mol. The van der Waals surface area contributed by atoms with Gasteiger partial charge in [-0.05, 0) is 24.0 Å². The van der Waals surface area contributed by atoms with Crippen LogP contribution in [0.2, 0.25) is 0 Å². The molecule has 0 atom stereocenters. The van der Waals surface area contributed by atoms with Gasteiger partial charge in [-0.1, -0.05) is 24.3 Å². The molecule has 1 aromatic carbocycles. The fraction of sp³-hybridized carbons (Fsp3) is 0.421. The highest BCUT2D eigenvalue weighted by molar-refractivity contribution is 5.46. The maximum Gasteiger partial charge on any atom is 0.433 e. The van der Waals surface area contributed by atoms with E-state index >= 15 is 0 Å². The third-order valence-corrected chi connectivity index (χ3v) is 5.07. The Morgan fingerprint density at radius 3 is 2.59 bits per heavy atom. The number of hydrogen-bond donors (Lipinski definition) is 2. The third kappa shape index (κ3) is 4.48. The monoisotopic (exact) mass is 406 g/mol. The van der Waals surface area contributed by atoms with E-state index < -0.39 is 11.9 Å². The van der Waals surface area contributed by atoms with E-state index in [0.29, 0.717) is 6.54 Å². The number of aliphatic hydroxyl groups is 1. The molecule has 1 aliphatic rings. The molecule has 0 radical (unpaired) electrons. The largest absolute Gasteiger partial charge is 0.433 e. The lowest BCUT2D eigenvalue weighted by Gasteiger charge is -2.30. The number of nitrogens with zero attached hydrogens (tertiary/aromatic N) is 5. The summed E-state index contributed by atoms with van der Waals surface area (Å²) in [6.45, 7) is 2.71. The Balaban J connectivity index is 1.53. The van der Waals surface area contributed by atoms with Gasteiger partial charge in [-0.2, -0.15) is 27.8 Å². The van der Waals surface area contributed by atoms with Gasteiger partial charge in [-0.3, -0.25) is 4.90 Å². The van der Waals surface area contributed by atoms with Crippen molar-refractivity contribution in [2.75, 3.05) is 18.4 Å². The standard InChI is InChI=1S/C19H21F3N6O/c20-19(21,22)16-9-17(28-18(26-16)24-12-25-28)23-10-13-3-1-2-4-14(13)11-27-7-5-15(29)6-8-27/h1-4,9,12,15,23,29H,5-8,10-11H2. The van der Waals surface area contributed by atoms with E-state index in [4.69, 9.17) is 0 Å². The molecule has 0 bridgehead atoms. The average Bonchev–Trinajstić information content (AvgIpc) is 3.17. The SMILES string of the molecule is OC1CCN(Cc2ccccc2CNc2cc(C(F)(F)F)nc3ncnn23)CC1. The quantitative estimate of drug-likeness (QED) is 0.679. The lowest BCUT2D eigenvalue weighted by atomic mass is 10.0. The number of aromatic nitrogens is 4. The number of fused-ring (bicyclic) bond motifs is 1. The Morgan fingerprint density at radius 2 is 1.86 bits per heavy atom. The van der Waals surface area contributed by atoms with Crippen LogP contribution in [-0.2, 0) is 19.3 Å². The summed E-state index contributed by atoms with van der Waals surface area (Å²) in [7, 11) is 0. The number of alkyl halides is 3. The van der Waals surface area contributed by atoms with E-state index in [1.165, 1.54) is 10.8 Å². The van der Waals surface area contributed by atoms with Crippen LogP contribution in [0, 0.1) is 0 Å². The zero-order valence-corrected chi connectivity index (χ0v) is 15.6. The van der Waals surface area contributed by atoms with Gasteiger partial charge in [-0.15, -0.1) is 0 Å². The summed E-state index contributed by atoms with van der Waals surface area (Å²) in [6.07, 6.45) is -2.13. The minimum absolute atomic E-state index is 0.109. The van der Waals surface area contributed by atoms with E-state index in [0.717, 1.165) is 49.7 Å². The van der Waals surface area contributed by atoms with Crippen LogP contribution in [0.5, 0.6) is 0 Å². The van der Waals surface area contributed by atoms with Crippen molar-refractivity contribution < 1.29 is 18.3 Å². The van der Waals surface area contributed by atoms with Gasteiger partial charge >= 0.3 is 6.18 Å². The topological polar surface area (TPSA) is 78.6 Å². The number of halogens is 3. The van der Waals surface area contributed by atoms with Crippen LogP contribution < -0.4 is 5.32 Å². The minimum Gasteiger partial charge on any atom is -0.393 e. The lowest BCUT2D eigenvalue weighted by Crippen LogP contribution is -2.35.